The molecule has 0 saturated carbocycles. The second kappa shape index (κ2) is 9.88. The first kappa shape index (κ1) is 23.8. The number of aromatic hydroxyl groups is 1. The van der Waals surface area contributed by atoms with Crippen LogP contribution in [-0.4, -0.2) is 29.1 Å². The molecule has 2 heterocycles. The van der Waals surface area contributed by atoms with E-state index in [-0.39, 0.29) is 17.1 Å². The number of hydrogen-bond donors (Lipinski definition) is 2. The van der Waals surface area contributed by atoms with E-state index >= 15 is 0 Å². The van der Waals surface area contributed by atoms with Crippen LogP contribution >= 0.6 is 0 Å². The van der Waals surface area contributed by atoms with Gasteiger partial charge in [0.25, 0.3) is 5.91 Å². The molecule has 2 N–H and O–H groups in total. The molecule has 1 amide bonds. The number of nitrogens with zero attached hydrogens (tertiary/aromatic N) is 2. The highest BCUT2D eigenvalue weighted by molar-refractivity contribution is 5.96. The first-order valence-corrected chi connectivity index (χ1v) is 12.1. The summed E-state index contributed by atoms with van der Waals surface area (Å²) in [5, 5.41) is 12.9. The topological polar surface area (TPSA) is 65.5 Å². The molecule has 5 heteroatoms. The average molecular weight is 458 g/mol. The quantitative estimate of drug-likeness (QED) is 0.478. The number of pyridine rings is 1. The van der Waals surface area contributed by atoms with Crippen LogP contribution in [0.1, 0.15) is 58.4 Å². The van der Waals surface area contributed by atoms with Gasteiger partial charge < -0.3 is 15.3 Å². The van der Waals surface area contributed by atoms with Crippen molar-refractivity contribution in [1.29, 1.82) is 0 Å². The molecule has 34 heavy (non-hydrogen) atoms. The largest absolute Gasteiger partial charge is 0.507 e. The second-order valence-corrected chi connectivity index (χ2v) is 10.2. The zero-order valence-electron chi connectivity index (χ0n) is 20.7. The maximum Gasteiger partial charge on any atom is 0.255 e. The summed E-state index contributed by atoms with van der Waals surface area (Å²) in [6.07, 6.45) is 6.62. The molecular formula is C29H35N3O2. The molecule has 1 aromatic heterocycles. The third-order valence-corrected chi connectivity index (χ3v) is 7.03. The average Bonchev–Trinajstić information content (AvgIpc) is 3.19. The fourth-order valence-electron chi connectivity index (χ4n) is 5.00. The van der Waals surface area contributed by atoms with Gasteiger partial charge in [-0.15, -0.1) is 0 Å². The van der Waals surface area contributed by atoms with Crippen molar-refractivity contribution in [2.24, 2.45) is 5.41 Å². The molecule has 4 rings (SSSR count). The Balaban J connectivity index is 1.42. The second-order valence-electron chi connectivity index (χ2n) is 10.2. The smallest absolute Gasteiger partial charge is 0.255 e. The highest BCUT2D eigenvalue weighted by atomic mass is 16.3. The number of rotatable bonds is 8. The van der Waals surface area contributed by atoms with Crippen molar-refractivity contribution in [2.75, 3.05) is 18.0 Å². The van der Waals surface area contributed by atoms with E-state index in [1.54, 1.807) is 18.2 Å². The lowest BCUT2D eigenvalue weighted by atomic mass is 9.79. The van der Waals surface area contributed by atoms with E-state index < -0.39 is 0 Å². The maximum absolute atomic E-state index is 12.4. The van der Waals surface area contributed by atoms with Crippen LogP contribution in [0.5, 0.6) is 5.75 Å². The predicted octanol–water partition coefficient (Wildman–Crippen LogP) is 5.36. The minimum absolute atomic E-state index is 0.0154. The van der Waals surface area contributed by atoms with Gasteiger partial charge in [0.15, 0.2) is 0 Å². The van der Waals surface area contributed by atoms with Crippen LogP contribution in [0.3, 0.4) is 0 Å². The van der Waals surface area contributed by atoms with Crippen LogP contribution in [0.4, 0.5) is 5.69 Å². The summed E-state index contributed by atoms with van der Waals surface area (Å²) in [5.41, 5.74) is 8.66. The Morgan fingerprint density at radius 2 is 1.88 bits per heavy atom. The van der Waals surface area contributed by atoms with Crippen molar-refractivity contribution >= 4 is 11.6 Å². The van der Waals surface area contributed by atoms with Crippen LogP contribution in [-0.2, 0) is 19.4 Å². The third kappa shape index (κ3) is 5.24. The summed E-state index contributed by atoms with van der Waals surface area (Å²) in [7, 11) is 0. The number of phenols is 1. The molecule has 2 aromatic carbocycles. The van der Waals surface area contributed by atoms with E-state index in [2.05, 4.69) is 61.1 Å². The van der Waals surface area contributed by atoms with Gasteiger partial charge in [-0.2, -0.15) is 0 Å². The van der Waals surface area contributed by atoms with E-state index in [0.717, 1.165) is 32.4 Å². The zero-order chi connectivity index (χ0) is 24.3. The van der Waals surface area contributed by atoms with E-state index in [1.807, 2.05) is 12.4 Å². The molecule has 0 radical (unpaired) electrons. The number of amides is 1. The number of carbonyl (C=O) groups excluding carboxylic acids is 1. The van der Waals surface area contributed by atoms with Crippen LogP contribution in [0, 0.1) is 19.3 Å². The monoisotopic (exact) mass is 457 g/mol. The Bertz CT molecular complexity index is 1170. The van der Waals surface area contributed by atoms with Crippen molar-refractivity contribution in [3.05, 3.63) is 88.2 Å². The lowest BCUT2D eigenvalue weighted by molar-refractivity contribution is 0.0946. The van der Waals surface area contributed by atoms with Crippen LogP contribution < -0.4 is 10.2 Å². The molecule has 1 aliphatic rings. The molecular weight excluding hydrogens is 422 g/mol. The maximum atomic E-state index is 12.4. The van der Waals surface area contributed by atoms with Gasteiger partial charge in [0, 0.05) is 37.7 Å². The fraction of sp³-hybridized carbons (Fsp3) is 0.379. The highest BCUT2D eigenvalue weighted by Crippen LogP contribution is 2.38. The Labute approximate surface area is 202 Å². The number of nitrogens with one attached hydrogen (secondary N) is 1. The molecule has 0 spiro atoms. The Kier molecular flexibility index (Phi) is 6.92. The standard InChI is InChI=1S/C29H35N3O2/c1-20-17-26-23(11-16-32(26)19-22-9-13-30-14-10-22)21(2)25(20)18-29(3,4)12-15-31-28(34)24-7-5-6-8-27(24)33/h5-10,13-14,17,33H,11-12,15-16,18-19H2,1-4H3,(H,31,34). The number of hydrogen-bond acceptors (Lipinski definition) is 4. The molecule has 0 aliphatic carbocycles. The van der Waals surface area contributed by atoms with Gasteiger partial charge in [0.2, 0.25) is 0 Å². The summed E-state index contributed by atoms with van der Waals surface area (Å²) < 4.78 is 0. The SMILES string of the molecule is Cc1cc2c(c(C)c1CC(C)(C)CCNC(=O)c1ccccc1O)CCN2Cc1ccncc1. The number of anilines is 1. The van der Waals surface area contributed by atoms with Gasteiger partial charge in [0.05, 0.1) is 5.56 Å². The summed E-state index contributed by atoms with van der Waals surface area (Å²) in [5.74, 6) is -0.213. The molecule has 3 aromatic rings. The predicted molar refractivity (Wildman–Crippen MR) is 137 cm³/mol. The number of para-hydroxylation sites is 1. The molecule has 0 saturated heterocycles. The molecule has 178 valence electrons. The van der Waals surface area contributed by atoms with E-state index in [0.29, 0.717) is 12.1 Å². The molecule has 0 fully saturated rings. The van der Waals surface area contributed by atoms with Gasteiger partial charge in [-0.25, -0.2) is 0 Å². The van der Waals surface area contributed by atoms with Crippen LogP contribution in [0.2, 0.25) is 0 Å². The number of fused-ring (bicyclic) bond motifs is 1. The Hall–Kier alpha value is -3.34. The Morgan fingerprint density at radius 3 is 2.62 bits per heavy atom. The van der Waals surface area contributed by atoms with Gasteiger partial charge in [-0.1, -0.05) is 26.0 Å². The summed E-state index contributed by atoms with van der Waals surface area (Å²) in [6, 6.07) is 13.2. The minimum Gasteiger partial charge on any atom is -0.507 e. The number of aromatic nitrogens is 1. The first-order valence-electron chi connectivity index (χ1n) is 12.1. The highest BCUT2D eigenvalue weighted by Gasteiger charge is 2.27. The zero-order valence-corrected chi connectivity index (χ0v) is 20.7. The van der Waals surface area contributed by atoms with Crippen LogP contribution in [0.25, 0.3) is 0 Å². The molecule has 5 nitrogen and oxygen atoms in total. The summed E-state index contributed by atoms with van der Waals surface area (Å²) >= 11 is 0. The van der Waals surface area contributed by atoms with Gasteiger partial charge >= 0.3 is 0 Å². The third-order valence-electron chi connectivity index (χ3n) is 7.03. The number of aryl methyl sites for hydroxylation is 1. The van der Waals surface area contributed by atoms with Gasteiger partial charge in [-0.3, -0.25) is 9.78 Å². The van der Waals surface area contributed by atoms with E-state index in [1.165, 1.54) is 39.6 Å². The number of phenolic OH excluding ortho intramolecular Hbond substituents is 1. The van der Waals surface area contributed by atoms with Gasteiger partial charge in [0.1, 0.15) is 5.75 Å². The van der Waals surface area contributed by atoms with Crippen molar-refractivity contribution < 1.29 is 9.90 Å². The van der Waals surface area contributed by atoms with Gasteiger partial charge in [-0.05, 0) is 96.7 Å². The first-order chi connectivity index (χ1) is 16.2. The van der Waals surface area contributed by atoms with Crippen molar-refractivity contribution in [1.82, 2.24) is 10.3 Å². The number of carbonyl (C=O) groups is 1. The lowest BCUT2D eigenvalue weighted by Gasteiger charge is -2.28. The van der Waals surface area contributed by atoms with Crippen molar-refractivity contribution in [3.63, 3.8) is 0 Å². The summed E-state index contributed by atoms with van der Waals surface area (Å²) in [4.78, 5) is 19.0. The Morgan fingerprint density at radius 1 is 1.15 bits per heavy atom. The molecule has 0 atom stereocenters. The van der Waals surface area contributed by atoms with Crippen LogP contribution in [0.15, 0.2) is 54.9 Å². The van der Waals surface area contributed by atoms with E-state index in [9.17, 15) is 9.90 Å². The molecule has 1 aliphatic heterocycles. The minimum atomic E-state index is -0.229. The molecule has 0 bridgehead atoms. The van der Waals surface area contributed by atoms with Crippen molar-refractivity contribution in [2.45, 2.75) is 53.5 Å². The number of benzene rings is 2. The lowest BCUT2D eigenvalue weighted by Crippen LogP contribution is -2.29. The van der Waals surface area contributed by atoms with E-state index in [4.69, 9.17) is 0 Å². The van der Waals surface area contributed by atoms with Crippen molar-refractivity contribution in [3.8, 4) is 5.75 Å². The fourth-order valence-corrected chi connectivity index (χ4v) is 5.00. The normalized spacial score (nSPS) is 13.1. The summed E-state index contributed by atoms with van der Waals surface area (Å²) in [6.45, 7) is 11.6. The molecule has 0 unspecified atom stereocenters.